The van der Waals surface area contributed by atoms with Crippen LogP contribution in [0.25, 0.3) is 82.7 Å². The fourth-order valence-corrected chi connectivity index (χ4v) is 14.9. The summed E-state index contributed by atoms with van der Waals surface area (Å²) in [6.07, 6.45) is 5.97. The molecule has 26 heteroatoms. The van der Waals surface area contributed by atoms with Crippen LogP contribution in [0, 0.1) is 68.5 Å². The van der Waals surface area contributed by atoms with Crippen molar-refractivity contribution < 1.29 is 40.6 Å². The molecule has 5 heterocycles. The molecule has 0 spiro atoms. The van der Waals surface area contributed by atoms with Gasteiger partial charge in [-0.25, -0.2) is 16.8 Å². The van der Waals surface area contributed by atoms with Crippen LogP contribution < -0.4 is 33.7 Å². The van der Waals surface area contributed by atoms with Gasteiger partial charge in [-0.3, -0.25) is 14.2 Å². The zero-order chi connectivity index (χ0) is 81.4. The minimum absolute atomic E-state index is 0.111. The summed E-state index contributed by atoms with van der Waals surface area (Å²) < 4.78 is 83.6. The van der Waals surface area contributed by atoms with Crippen molar-refractivity contribution in [1.29, 1.82) is 26.3 Å². The number of halogens is 2. The number of rotatable bonds is 16. The lowest BCUT2D eigenvalue weighted by atomic mass is 10.1. The van der Waals surface area contributed by atoms with Gasteiger partial charge in [-0.2, -0.15) is 26.3 Å². The number of ether oxygens (including phenoxy) is 4. The molecule has 14 rings (SSSR count). The Morgan fingerprint density at radius 2 is 0.805 bits per heavy atom. The van der Waals surface area contributed by atoms with Gasteiger partial charge < -0.3 is 47.1 Å². The van der Waals surface area contributed by atoms with Crippen LogP contribution in [-0.4, -0.2) is 86.5 Å². The molecule has 1 amide bonds. The maximum atomic E-state index is 11.4. The fourth-order valence-electron chi connectivity index (χ4n) is 13.1. The normalized spacial score (nSPS) is 10.7. The first kappa shape index (κ1) is 82.3. The lowest BCUT2D eigenvalue weighted by molar-refractivity contribution is -0.114. The van der Waals surface area contributed by atoms with Crippen LogP contribution in [0.3, 0.4) is 0 Å². The largest absolute Gasteiger partial charge is 0.497 e. The van der Waals surface area contributed by atoms with Gasteiger partial charge in [0.25, 0.3) is 0 Å². The van der Waals surface area contributed by atoms with E-state index in [4.69, 9.17) is 24.2 Å². The van der Waals surface area contributed by atoms with E-state index in [9.17, 15) is 42.7 Å². The van der Waals surface area contributed by atoms with Crippen LogP contribution in [-0.2, 0) is 51.0 Å². The van der Waals surface area contributed by atoms with Gasteiger partial charge in [-0.05, 0) is 178 Å². The number of amides is 1. The maximum Gasteiger partial charge on any atom is 0.229 e. The number of methoxy groups -OCH3 is 4. The van der Waals surface area contributed by atoms with E-state index in [2.05, 4.69) is 116 Å². The predicted molar refractivity (Wildman–Crippen MR) is 453 cm³/mol. The molecule has 113 heavy (non-hydrogen) atoms. The number of nitrogens with zero attached hydrogens (tertiary/aromatic N) is 10. The Labute approximate surface area is 672 Å². The molecule has 0 radical (unpaired) electrons. The van der Waals surface area contributed by atoms with E-state index < -0.39 is 20.0 Å². The van der Waals surface area contributed by atoms with Gasteiger partial charge in [0, 0.05) is 128 Å². The zero-order valence-electron chi connectivity index (χ0n) is 63.6. The van der Waals surface area contributed by atoms with Crippen molar-refractivity contribution >= 4 is 129 Å². The van der Waals surface area contributed by atoms with E-state index in [0.29, 0.717) is 58.0 Å². The van der Waals surface area contributed by atoms with Crippen molar-refractivity contribution in [3.8, 4) is 93.4 Å². The highest BCUT2D eigenvalue weighted by Crippen LogP contribution is 2.39. The highest BCUT2D eigenvalue weighted by molar-refractivity contribution is 9.10. The number of hydrogen-bond acceptors (Lipinski definition) is 14. The second-order valence-electron chi connectivity index (χ2n) is 25.3. The van der Waals surface area contributed by atoms with E-state index in [-0.39, 0.29) is 5.91 Å². The van der Waals surface area contributed by atoms with Gasteiger partial charge in [0.05, 0.1) is 108 Å². The molecule has 0 unspecified atom stereocenters. The Bertz CT molecular complexity index is 6460. The van der Waals surface area contributed by atoms with Gasteiger partial charge >= 0.3 is 0 Å². The number of fused-ring (bicyclic) bond motifs is 5. The second-order valence-corrected chi connectivity index (χ2v) is 30.6. The lowest BCUT2D eigenvalue weighted by Gasteiger charge is -2.10. The number of benzene rings is 9. The van der Waals surface area contributed by atoms with Gasteiger partial charge in [0.2, 0.25) is 26.0 Å². The molecule has 9 aromatic carbocycles. The summed E-state index contributed by atoms with van der Waals surface area (Å²) in [5.41, 5.74) is 15.6. The molecule has 14 aromatic rings. The third-order valence-corrected chi connectivity index (χ3v) is 20.3. The summed E-state index contributed by atoms with van der Waals surface area (Å²) in [6.45, 7) is 12.6. The van der Waals surface area contributed by atoms with Crippen molar-refractivity contribution in [2.45, 2.75) is 60.8 Å². The third-order valence-electron chi connectivity index (χ3n) is 18.1. The monoisotopic (exact) mass is 1670 g/mol. The molecule has 0 saturated carbocycles. The van der Waals surface area contributed by atoms with E-state index in [1.54, 1.807) is 64.8 Å². The Kier molecular flexibility index (Phi) is 26.6. The fraction of sp³-hybridized carbons (Fsp3) is 0.172. The minimum Gasteiger partial charge on any atom is -0.497 e. The quantitative estimate of drug-likeness (QED) is 0.0758. The number of nitrogens with one attached hydrogen (secondary N) is 3. The average Bonchev–Trinajstić information content (AvgIpc) is 1.63. The number of sulfonamides is 2. The number of carbonyl (C=O) groups is 1. The van der Waals surface area contributed by atoms with Gasteiger partial charge in [-0.15, -0.1) is 0 Å². The van der Waals surface area contributed by atoms with Crippen molar-refractivity contribution in [2.75, 3.05) is 55.7 Å². The van der Waals surface area contributed by atoms with E-state index in [1.165, 1.54) is 6.92 Å². The van der Waals surface area contributed by atoms with Gasteiger partial charge in [0.1, 0.15) is 59.0 Å². The number of aryl methyl sites for hydroxylation is 4. The summed E-state index contributed by atoms with van der Waals surface area (Å²) in [7, 11) is -0.157. The van der Waals surface area contributed by atoms with E-state index >= 15 is 0 Å². The number of nitriles is 5. The number of carbonyl (C=O) groups excluding carboxylic acids is 1. The maximum absolute atomic E-state index is 11.4. The zero-order valence-corrected chi connectivity index (χ0v) is 68.4. The SMILES string of the molecule is CCn1c(-c2ccc(NC(C)=O)cc2)c(C#N)c2ccc(OC)cc21.CCn1c(-c2ccc(NS(C)(=O)=O)cc2)c(C#N)c2ccc(OC)cc21.CCn1c(C#Cc2ccc(NS(C)(=O)=O)cc2)c(C#N)c2ccc(OC)cc21.CCn1cc(C#N)c2ccc(Br)cc21.COc1ccc(-n2cc(C#N)c3ccc(Br)cc32)cc1. The van der Waals surface area contributed by atoms with Gasteiger partial charge in [-0.1, -0.05) is 74.2 Å². The molecular weight excluding hydrogens is 1590 g/mol. The average molecular weight is 1670 g/mol. The lowest BCUT2D eigenvalue weighted by Crippen LogP contribution is -2.09. The molecule has 3 N–H and O–H groups in total. The van der Waals surface area contributed by atoms with Crippen LogP contribution in [0.5, 0.6) is 23.0 Å². The molecular formula is C87H77Br2N13O9S2. The molecule has 0 aliphatic heterocycles. The predicted octanol–water partition coefficient (Wildman–Crippen LogP) is 18.6. The third kappa shape index (κ3) is 19.0. The Morgan fingerprint density at radius 1 is 0.416 bits per heavy atom. The molecule has 0 aliphatic carbocycles. The molecule has 570 valence electrons. The molecule has 0 aliphatic rings. The van der Waals surface area contributed by atoms with E-state index in [0.717, 1.165) is 152 Å². The Morgan fingerprint density at radius 3 is 1.21 bits per heavy atom. The van der Waals surface area contributed by atoms with Crippen LogP contribution in [0.4, 0.5) is 17.1 Å². The number of aromatic nitrogens is 5. The van der Waals surface area contributed by atoms with E-state index in [1.807, 2.05) is 187 Å². The first-order chi connectivity index (χ1) is 54.3. The van der Waals surface area contributed by atoms with Crippen LogP contribution >= 0.6 is 31.9 Å². The Hall–Kier alpha value is -13.2. The molecule has 22 nitrogen and oxygen atoms in total. The van der Waals surface area contributed by atoms with Crippen LogP contribution in [0.15, 0.2) is 209 Å². The molecule has 5 aromatic heterocycles. The molecule has 0 saturated heterocycles. The van der Waals surface area contributed by atoms with Gasteiger partial charge in [0.15, 0.2) is 0 Å². The van der Waals surface area contributed by atoms with Crippen molar-refractivity contribution in [3.63, 3.8) is 0 Å². The molecule has 0 fully saturated rings. The standard InChI is InChI=1S/C21H19N3O3S.C20H19N3O2.C19H19N3O3S.C16H11BrN2O.C11H9BrN2/c1-4-24-20(19(14-22)18-11-10-17(27-2)13-21(18)24)12-7-15-5-8-16(9-6-15)23-28(3,25)26;1-4-23-19-11-16(25-3)9-10-17(19)18(12-21)20(23)14-5-7-15(8-6-14)22-13(2)24;1-4-22-18-11-15(25-2)9-10-16(18)17(12-20)19(22)13-5-7-14(8-6-13)21-26(3,23)24;1-20-14-5-3-13(4-6-14)19-10-11(9-18)15-7-2-12(17)8-16(15)19;1-2-14-7-8(6-13)10-4-3-9(12)5-11(10)14/h5-6,8-11,13,23H,4H2,1-3H3;5-11H,4H2,1-3H3,(H,22,24);5-11,21H,4H2,1-3H3;2-8,10H,1H3;3-5,7H,2H2,1H3. The smallest absolute Gasteiger partial charge is 0.229 e. The van der Waals surface area contributed by atoms with Crippen LogP contribution in [0.2, 0.25) is 0 Å². The number of hydrogen-bond donors (Lipinski definition) is 3. The highest BCUT2D eigenvalue weighted by atomic mass is 79.9. The minimum atomic E-state index is -3.33. The summed E-state index contributed by atoms with van der Waals surface area (Å²) in [5.74, 6) is 9.08. The Balaban J connectivity index is 0.000000152. The topological polar surface area (TPSA) is 302 Å². The first-order valence-electron chi connectivity index (χ1n) is 35.2. The molecule has 0 atom stereocenters. The van der Waals surface area contributed by atoms with Crippen LogP contribution in [0.1, 0.15) is 73.7 Å². The summed E-state index contributed by atoms with van der Waals surface area (Å²) >= 11 is 6.91. The van der Waals surface area contributed by atoms with Crippen molar-refractivity contribution in [3.05, 3.63) is 248 Å². The summed E-state index contributed by atoms with van der Waals surface area (Å²) in [4.78, 5) is 11.2. The molecule has 0 bridgehead atoms. The van der Waals surface area contributed by atoms with Crippen molar-refractivity contribution in [2.24, 2.45) is 0 Å². The second kappa shape index (κ2) is 36.6. The first-order valence-corrected chi connectivity index (χ1v) is 40.6. The highest BCUT2D eigenvalue weighted by Gasteiger charge is 2.22. The van der Waals surface area contributed by atoms with Crippen molar-refractivity contribution in [1.82, 2.24) is 22.8 Å². The summed E-state index contributed by atoms with van der Waals surface area (Å²) in [5, 5.41) is 54.7. The number of anilines is 3. The summed E-state index contributed by atoms with van der Waals surface area (Å²) in [6, 6.07) is 69.3.